The first-order chi connectivity index (χ1) is 38.4. The van der Waals surface area contributed by atoms with Crippen LogP contribution in [0.1, 0.15) is 137 Å². The lowest BCUT2D eigenvalue weighted by Gasteiger charge is -2.46. The molecule has 12 nitrogen and oxygen atoms in total. The minimum Gasteiger partial charge on any atom is -0.390 e. The van der Waals surface area contributed by atoms with Gasteiger partial charge in [0.2, 0.25) is 11.8 Å². The van der Waals surface area contributed by atoms with Crippen LogP contribution >= 0.6 is 0 Å². The lowest BCUT2D eigenvalue weighted by atomic mass is 9.88. The molecule has 12 heteroatoms. The predicted molar refractivity (Wildman–Crippen MR) is 305 cm³/mol. The van der Waals surface area contributed by atoms with Crippen molar-refractivity contribution in [2.75, 3.05) is 19.8 Å². The van der Waals surface area contributed by atoms with Crippen molar-refractivity contribution in [3.8, 4) is 0 Å². The Kier molecular flexibility index (Phi) is 27.4. The van der Waals surface area contributed by atoms with Crippen LogP contribution in [0.2, 0.25) is 0 Å². The first kappa shape index (κ1) is 60.4. The van der Waals surface area contributed by atoms with Crippen LogP contribution in [-0.2, 0) is 75.8 Å². The highest BCUT2D eigenvalue weighted by molar-refractivity contribution is 5.78. The van der Waals surface area contributed by atoms with Gasteiger partial charge in [-0.2, -0.15) is 0 Å². The number of aliphatic hydroxyl groups excluding tert-OH is 1. The van der Waals surface area contributed by atoms with E-state index >= 15 is 0 Å². The Morgan fingerprint density at radius 1 is 0.551 bits per heavy atom. The van der Waals surface area contributed by atoms with Crippen LogP contribution in [0.4, 0.5) is 0 Å². The second kappa shape index (κ2) is 35.4. The minimum atomic E-state index is -1.03. The first-order valence-electron chi connectivity index (χ1n) is 29.2. The van der Waals surface area contributed by atoms with Crippen LogP contribution < -0.4 is 10.6 Å². The summed E-state index contributed by atoms with van der Waals surface area (Å²) in [6.45, 7) is 4.15. The molecular formula is C66H88N2O10. The molecule has 1 aliphatic heterocycles. The zero-order valence-corrected chi connectivity index (χ0v) is 46.2. The van der Waals surface area contributed by atoms with Crippen LogP contribution in [0.5, 0.6) is 0 Å². The van der Waals surface area contributed by atoms with E-state index in [4.69, 9.17) is 33.2 Å². The van der Waals surface area contributed by atoms with Crippen molar-refractivity contribution in [2.24, 2.45) is 5.92 Å². The van der Waals surface area contributed by atoms with Crippen LogP contribution in [0.25, 0.3) is 0 Å². The number of hydrogen-bond acceptors (Lipinski definition) is 10. The monoisotopic (exact) mass is 1070 g/mol. The van der Waals surface area contributed by atoms with Gasteiger partial charge in [0, 0.05) is 18.9 Å². The Morgan fingerprint density at radius 3 is 1.54 bits per heavy atom. The molecule has 1 saturated carbocycles. The highest BCUT2D eigenvalue weighted by Crippen LogP contribution is 2.32. The number of unbranched alkanes of at least 4 members (excludes halogenated alkanes) is 8. The number of carbonyl (C=O) groups excluding carboxylic acids is 2. The third-order valence-electron chi connectivity index (χ3n) is 15.0. The van der Waals surface area contributed by atoms with E-state index in [0.29, 0.717) is 26.1 Å². The Bertz CT molecular complexity index is 2340. The van der Waals surface area contributed by atoms with Crippen LogP contribution in [0, 0.1) is 5.92 Å². The molecule has 5 aromatic carbocycles. The molecule has 7 rings (SSSR count). The van der Waals surface area contributed by atoms with Crippen LogP contribution in [0.3, 0.4) is 0 Å². The Hall–Kier alpha value is -5.28. The maximum Gasteiger partial charge on any atom is 0.223 e. The average Bonchev–Trinajstić information content (AvgIpc) is 3.49. The summed E-state index contributed by atoms with van der Waals surface area (Å²) in [6, 6.07) is 49.1. The number of benzene rings is 5. The quantitative estimate of drug-likeness (QED) is 0.0332. The summed E-state index contributed by atoms with van der Waals surface area (Å²) < 4.78 is 47.8. The van der Waals surface area contributed by atoms with E-state index in [1.165, 1.54) is 32.1 Å². The largest absolute Gasteiger partial charge is 0.390 e. The molecule has 3 N–H and O–H groups in total. The minimum absolute atomic E-state index is 0.0659. The first-order valence-corrected chi connectivity index (χ1v) is 29.2. The summed E-state index contributed by atoms with van der Waals surface area (Å²) >= 11 is 0. The van der Waals surface area contributed by atoms with Crippen molar-refractivity contribution in [1.29, 1.82) is 0 Å². The summed E-state index contributed by atoms with van der Waals surface area (Å²) in [4.78, 5) is 26.5. The Labute approximate surface area is 465 Å². The van der Waals surface area contributed by atoms with Crippen molar-refractivity contribution in [3.05, 3.63) is 179 Å². The molecule has 3 unspecified atom stereocenters. The predicted octanol–water partition coefficient (Wildman–Crippen LogP) is 12.1. The van der Waals surface area contributed by atoms with Gasteiger partial charge in [-0.25, -0.2) is 0 Å². The lowest BCUT2D eigenvalue weighted by molar-refractivity contribution is -0.330. The van der Waals surface area contributed by atoms with Gasteiger partial charge in [0.15, 0.2) is 6.29 Å². The fourth-order valence-electron chi connectivity index (χ4n) is 10.4. The van der Waals surface area contributed by atoms with E-state index in [1.807, 2.05) is 159 Å². The summed E-state index contributed by atoms with van der Waals surface area (Å²) in [6.07, 6.45) is 10.3. The van der Waals surface area contributed by atoms with Crippen molar-refractivity contribution < 1.29 is 47.9 Å². The van der Waals surface area contributed by atoms with E-state index in [-0.39, 0.29) is 50.8 Å². The molecule has 1 heterocycles. The normalized spacial score (nSPS) is 19.9. The van der Waals surface area contributed by atoms with Crippen LogP contribution in [-0.4, -0.2) is 85.6 Å². The molecule has 5 aromatic rings. The van der Waals surface area contributed by atoms with Gasteiger partial charge in [-0.15, -0.1) is 0 Å². The fraction of sp³-hybridized carbons (Fsp3) is 0.515. The van der Waals surface area contributed by atoms with Crippen molar-refractivity contribution in [2.45, 2.75) is 192 Å². The van der Waals surface area contributed by atoms with E-state index in [1.54, 1.807) is 0 Å². The van der Waals surface area contributed by atoms with Gasteiger partial charge in [0.1, 0.15) is 30.5 Å². The molecular weight excluding hydrogens is 981 g/mol. The molecule has 0 spiro atoms. The molecule has 0 radical (unpaired) electrons. The molecule has 2 fully saturated rings. The summed E-state index contributed by atoms with van der Waals surface area (Å²) in [5.41, 5.74) is 4.90. The Morgan fingerprint density at radius 2 is 1.01 bits per heavy atom. The van der Waals surface area contributed by atoms with Gasteiger partial charge >= 0.3 is 0 Å². The molecule has 422 valence electrons. The smallest absolute Gasteiger partial charge is 0.223 e. The van der Waals surface area contributed by atoms with Gasteiger partial charge in [0.05, 0.1) is 58.4 Å². The van der Waals surface area contributed by atoms with Crippen molar-refractivity contribution >= 4 is 11.8 Å². The molecule has 0 aromatic heterocycles. The van der Waals surface area contributed by atoms with Gasteiger partial charge in [-0.1, -0.05) is 223 Å². The SMILES string of the molecule is CC[C@@H](O)[C@@H](OCc1ccccc1)[C@H](CO[C@H]1OC(COCc2ccccc2)[C@H](OCc2ccccc2)C(OCc2ccccc2)C1OCc1ccccc1)NC(=O)CCCCCCCCCCCNC(=O)C1CCCCC1. The molecule has 0 bridgehead atoms. The zero-order chi connectivity index (χ0) is 54.2. The van der Waals surface area contributed by atoms with E-state index < -0.39 is 49.0 Å². The van der Waals surface area contributed by atoms with E-state index in [9.17, 15) is 14.7 Å². The summed E-state index contributed by atoms with van der Waals surface area (Å²) in [7, 11) is 0. The van der Waals surface area contributed by atoms with Gasteiger partial charge in [-0.05, 0) is 59.9 Å². The highest BCUT2D eigenvalue weighted by atomic mass is 16.7. The fourth-order valence-corrected chi connectivity index (χ4v) is 10.4. The highest BCUT2D eigenvalue weighted by Gasteiger charge is 2.49. The van der Waals surface area contributed by atoms with Gasteiger partial charge in [-0.3, -0.25) is 9.59 Å². The van der Waals surface area contributed by atoms with Crippen molar-refractivity contribution in [1.82, 2.24) is 10.6 Å². The lowest BCUT2D eigenvalue weighted by Crippen LogP contribution is -2.62. The number of hydrogen-bond donors (Lipinski definition) is 3. The molecule has 8 atom stereocenters. The maximum atomic E-state index is 14.1. The van der Waals surface area contributed by atoms with E-state index in [2.05, 4.69) is 10.6 Å². The van der Waals surface area contributed by atoms with Gasteiger partial charge < -0.3 is 48.9 Å². The maximum absolute atomic E-state index is 14.1. The standard InChI is InChI=1S/C66H88N2O10/c1-2-58(69)61(73-45-52-32-18-11-19-33-52)57(68-60(70)42-28-8-6-4-3-5-7-9-29-43-67-65(71)56-40-26-15-27-41-56)49-77-66-64(76-48-55-38-24-14-25-39-55)63(75-47-54-36-22-13-23-37-54)62(74-46-53-34-20-12-21-35-53)59(78-66)50-72-44-51-30-16-10-17-31-51/h10-14,16-25,30-39,56-59,61-64,66,69H,2-9,15,26-29,40-50H2,1H3,(H,67,71)(H,68,70)/t57-,58+,59?,61-,62-,63?,64?,66-/m0/s1. The third-order valence-corrected chi connectivity index (χ3v) is 15.0. The molecule has 1 aliphatic carbocycles. The molecule has 78 heavy (non-hydrogen) atoms. The summed E-state index contributed by atoms with van der Waals surface area (Å²) in [5.74, 6) is 0.336. The topological polar surface area (TPSA) is 143 Å². The Balaban J connectivity index is 1.04. The number of ether oxygens (including phenoxy) is 7. The number of aliphatic hydroxyl groups is 1. The summed E-state index contributed by atoms with van der Waals surface area (Å²) in [5, 5.41) is 18.1. The number of rotatable bonds is 36. The number of nitrogens with one attached hydrogen (secondary N) is 2. The van der Waals surface area contributed by atoms with Crippen LogP contribution in [0.15, 0.2) is 152 Å². The molecule has 2 amide bonds. The molecule has 2 aliphatic rings. The van der Waals surface area contributed by atoms with Gasteiger partial charge in [0.25, 0.3) is 0 Å². The third kappa shape index (κ3) is 21.4. The second-order valence-electron chi connectivity index (χ2n) is 21.1. The zero-order valence-electron chi connectivity index (χ0n) is 46.2. The average molecular weight is 1070 g/mol. The second-order valence-corrected chi connectivity index (χ2v) is 21.1. The number of amides is 2. The van der Waals surface area contributed by atoms with Crippen molar-refractivity contribution in [3.63, 3.8) is 0 Å². The molecule has 1 saturated heterocycles. The number of carbonyl (C=O) groups is 2. The van der Waals surface area contributed by atoms with E-state index in [0.717, 1.165) is 92.1 Å².